The lowest BCUT2D eigenvalue weighted by Crippen LogP contribution is -2.47. The van der Waals surface area contributed by atoms with Crippen molar-refractivity contribution in [2.24, 2.45) is 0 Å². The third kappa shape index (κ3) is 3.37. The minimum absolute atomic E-state index is 0.177. The molecule has 0 radical (unpaired) electrons. The molecule has 4 heteroatoms. The van der Waals surface area contributed by atoms with E-state index in [1.807, 2.05) is 6.92 Å². The van der Waals surface area contributed by atoms with E-state index in [4.69, 9.17) is 0 Å². The smallest absolute Gasteiger partial charge is 0.130 e. The fraction of sp³-hybridized carbons (Fsp3) is 0.368. The molecule has 1 atom stereocenters. The van der Waals surface area contributed by atoms with E-state index in [1.54, 1.807) is 0 Å². The van der Waals surface area contributed by atoms with Crippen molar-refractivity contribution in [3.05, 3.63) is 65.2 Å². The molecule has 2 aromatic carbocycles. The maximum atomic E-state index is 14.0. The van der Waals surface area contributed by atoms with Crippen molar-refractivity contribution in [2.75, 3.05) is 31.1 Å². The Kier molecular flexibility index (Phi) is 4.62. The van der Waals surface area contributed by atoms with Crippen molar-refractivity contribution < 1.29 is 8.78 Å². The van der Waals surface area contributed by atoms with Crippen LogP contribution in [-0.2, 0) is 0 Å². The molecule has 0 bridgehead atoms. The van der Waals surface area contributed by atoms with Gasteiger partial charge in [-0.2, -0.15) is 0 Å². The molecular formula is C19H22F2N2. The van der Waals surface area contributed by atoms with Crippen LogP contribution < -0.4 is 4.90 Å². The van der Waals surface area contributed by atoms with E-state index in [0.717, 1.165) is 26.2 Å². The maximum Gasteiger partial charge on any atom is 0.130 e. The third-order valence-corrected chi connectivity index (χ3v) is 4.65. The number of hydrogen-bond acceptors (Lipinski definition) is 2. The number of halogens is 2. The minimum atomic E-state index is -0.460. The van der Waals surface area contributed by atoms with E-state index >= 15 is 0 Å². The van der Waals surface area contributed by atoms with Gasteiger partial charge < -0.3 is 4.90 Å². The van der Waals surface area contributed by atoms with Crippen molar-refractivity contribution in [1.82, 2.24) is 4.90 Å². The van der Waals surface area contributed by atoms with Gasteiger partial charge in [-0.15, -0.1) is 0 Å². The van der Waals surface area contributed by atoms with Gasteiger partial charge in [0.25, 0.3) is 0 Å². The second kappa shape index (κ2) is 6.67. The Morgan fingerprint density at radius 3 is 2.13 bits per heavy atom. The summed E-state index contributed by atoms with van der Waals surface area (Å²) in [7, 11) is 0. The largest absolute Gasteiger partial charge is 0.369 e. The van der Waals surface area contributed by atoms with E-state index in [9.17, 15) is 8.78 Å². The molecule has 1 heterocycles. The molecule has 2 aromatic rings. The summed E-state index contributed by atoms with van der Waals surface area (Å²) in [6.07, 6.45) is 0. The Morgan fingerprint density at radius 2 is 1.52 bits per heavy atom. The Balaban J connectivity index is 1.69. The standard InChI is InChI=1S/C19H22F2N2/c1-14-5-3-6-16(13-14)23-11-9-22(10-12-23)15(2)19-17(20)7-4-8-18(19)21/h3-8,13,15H,9-12H2,1-2H3. The van der Waals surface area contributed by atoms with E-state index in [1.165, 1.54) is 29.4 Å². The number of rotatable bonds is 3. The number of benzene rings is 2. The maximum absolute atomic E-state index is 14.0. The van der Waals surface area contributed by atoms with Gasteiger partial charge in [-0.05, 0) is 43.7 Å². The van der Waals surface area contributed by atoms with Crippen LogP contribution in [0.5, 0.6) is 0 Å². The second-order valence-corrected chi connectivity index (χ2v) is 6.17. The molecule has 0 saturated carbocycles. The van der Waals surface area contributed by atoms with E-state index in [0.29, 0.717) is 0 Å². The Bertz CT molecular complexity index is 659. The first-order valence-electron chi connectivity index (χ1n) is 8.06. The SMILES string of the molecule is Cc1cccc(N2CCN(C(C)c3c(F)cccc3F)CC2)c1. The van der Waals surface area contributed by atoms with Gasteiger partial charge in [0.05, 0.1) is 0 Å². The van der Waals surface area contributed by atoms with Gasteiger partial charge in [-0.25, -0.2) is 8.78 Å². The molecule has 2 nitrogen and oxygen atoms in total. The molecule has 0 N–H and O–H groups in total. The quantitative estimate of drug-likeness (QED) is 0.839. The summed E-state index contributed by atoms with van der Waals surface area (Å²) in [6, 6.07) is 12.3. The summed E-state index contributed by atoms with van der Waals surface area (Å²) in [4.78, 5) is 4.47. The van der Waals surface area contributed by atoms with Gasteiger partial charge in [0.15, 0.2) is 0 Å². The van der Waals surface area contributed by atoms with Crippen molar-refractivity contribution in [2.45, 2.75) is 19.9 Å². The molecule has 1 aliphatic heterocycles. The molecule has 1 aliphatic rings. The lowest BCUT2D eigenvalue weighted by Gasteiger charge is -2.39. The van der Waals surface area contributed by atoms with Gasteiger partial charge in [0.2, 0.25) is 0 Å². The lowest BCUT2D eigenvalue weighted by atomic mass is 10.0. The zero-order chi connectivity index (χ0) is 16.4. The minimum Gasteiger partial charge on any atom is -0.369 e. The fourth-order valence-corrected chi connectivity index (χ4v) is 3.28. The van der Waals surface area contributed by atoms with Crippen LogP contribution in [0.3, 0.4) is 0 Å². The molecule has 1 unspecified atom stereocenters. The highest BCUT2D eigenvalue weighted by Gasteiger charge is 2.26. The van der Waals surface area contributed by atoms with Gasteiger partial charge >= 0.3 is 0 Å². The molecule has 0 spiro atoms. The summed E-state index contributed by atoms with van der Waals surface area (Å²) in [5.41, 5.74) is 2.64. The van der Waals surface area contributed by atoms with Crippen molar-refractivity contribution >= 4 is 5.69 Å². The van der Waals surface area contributed by atoms with Crippen molar-refractivity contribution in [3.63, 3.8) is 0 Å². The first-order chi connectivity index (χ1) is 11.1. The molecule has 0 aliphatic carbocycles. The molecule has 3 rings (SSSR count). The Morgan fingerprint density at radius 1 is 0.913 bits per heavy atom. The van der Waals surface area contributed by atoms with E-state index in [-0.39, 0.29) is 11.6 Å². The first kappa shape index (κ1) is 15.9. The molecule has 1 fully saturated rings. The number of nitrogens with zero attached hydrogens (tertiary/aromatic N) is 2. The zero-order valence-corrected chi connectivity index (χ0v) is 13.6. The Hall–Kier alpha value is -1.94. The van der Waals surface area contributed by atoms with Gasteiger partial charge in [-0.1, -0.05) is 18.2 Å². The summed E-state index contributed by atoms with van der Waals surface area (Å²) in [5, 5.41) is 0. The topological polar surface area (TPSA) is 6.48 Å². The number of piperazine rings is 1. The van der Waals surface area contributed by atoms with Crippen LogP contribution in [0.25, 0.3) is 0 Å². The normalized spacial score (nSPS) is 17.3. The first-order valence-corrected chi connectivity index (χ1v) is 8.06. The highest BCUT2D eigenvalue weighted by atomic mass is 19.1. The molecule has 23 heavy (non-hydrogen) atoms. The number of hydrogen-bond donors (Lipinski definition) is 0. The summed E-state index contributed by atoms with van der Waals surface area (Å²) in [5.74, 6) is -0.919. The van der Waals surface area contributed by atoms with Crippen LogP contribution in [-0.4, -0.2) is 31.1 Å². The summed E-state index contributed by atoms with van der Waals surface area (Å²) < 4.78 is 27.9. The van der Waals surface area contributed by atoms with Gasteiger partial charge in [0, 0.05) is 43.5 Å². The highest BCUT2D eigenvalue weighted by molar-refractivity contribution is 5.48. The molecule has 0 aromatic heterocycles. The van der Waals surface area contributed by atoms with E-state index < -0.39 is 11.6 Å². The summed E-state index contributed by atoms with van der Waals surface area (Å²) >= 11 is 0. The predicted octanol–water partition coefficient (Wildman–Crippen LogP) is 4.16. The highest BCUT2D eigenvalue weighted by Crippen LogP contribution is 2.27. The molecular weight excluding hydrogens is 294 g/mol. The van der Waals surface area contributed by atoms with Crippen LogP contribution in [0, 0.1) is 18.6 Å². The van der Waals surface area contributed by atoms with Crippen LogP contribution in [0.1, 0.15) is 24.1 Å². The van der Waals surface area contributed by atoms with Crippen LogP contribution in [0.15, 0.2) is 42.5 Å². The van der Waals surface area contributed by atoms with Gasteiger partial charge in [-0.3, -0.25) is 4.90 Å². The fourth-order valence-electron chi connectivity index (χ4n) is 3.28. The Labute approximate surface area is 136 Å². The number of aryl methyl sites for hydroxylation is 1. The average molecular weight is 316 g/mol. The molecule has 0 amide bonds. The van der Waals surface area contributed by atoms with Crippen LogP contribution >= 0.6 is 0 Å². The van der Waals surface area contributed by atoms with Gasteiger partial charge in [0.1, 0.15) is 11.6 Å². The van der Waals surface area contributed by atoms with Crippen molar-refractivity contribution in [3.8, 4) is 0 Å². The molecule has 1 saturated heterocycles. The van der Waals surface area contributed by atoms with E-state index in [2.05, 4.69) is 41.0 Å². The van der Waals surface area contributed by atoms with Crippen LogP contribution in [0.4, 0.5) is 14.5 Å². The van der Waals surface area contributed by atoms with Crippen LogP contribution in [0.2, 0.25) is 0 Å². The monoisotopic (exact) mass is 316 g/mol. The van der Waals surface area contributed by atoms with Crippen molar-refractivity contribution in [1.29, 1.82) is 0 Å². The average Bonchev–Trinajstić information content (AvgIpc) is 2.55. The second-order valence-electron chi connectivity index (χ2n) is 6.17. The lowest BCUT2D eigenvalue weighted by molar-refractivity contribution is 0.191. The third-order valence-electron chi connectivity index (χ3n) is 4.65. The predicted molar refractivity (Wildman–Crippen MR) is 89.7 cm³/mol. The summed E-state index contributed by atoms with van der Waals surface area (Å²) in [6.45, 7) is 7.28. The molecule has 122 valence electrons. The zero-order valence-electron chi connectivity index (χ0n) is 13.6. The number of anilines is 1.